The number of hydrogen-bond acceptors (Lipinski definition) is 4. The molecule has 1 atom stereocenters. The molecular formula is C22H24ClN3O3. The summed E-state index contributed by atoms with van der Waals surface area (Å²) in [5.74, 6) is 1.03. The number of nitrogens with one attached hydrogen (secondary N) is 1. The van der Waals surface area contributed by atoms with Crippen LogP contribution in [0.3, 0.4) is 0 Å². The zero-order valence-corrected chi connectivity index (χ0v) is 17.6. The van der Waals surface area contributed by atoms with Gasteiger partial charge in [0.1, 0.15) is 0 Å². The Hall–Kier alpha value is -2.99. The monoisotopic (exact) mass is 413 g/mol. The molecule has 0 fully saturated rings. The third kappa shape index (κ3) is 5.09. The van der Waals surface area contributed by atoms with Crippen LogP contribution in [0.15, 0.2) is 54.7 Å². The normalized spacial score (nSPS) is 11.9. The van der Waals surface area contributed by atoms with Crippen LogP contribution in [0.25, 0.3) is 5.69 Å². The molecule has 0 spiro atoms. The van der Waals surface area contributed by atoms with Crippen molar-refractivity contribution in [3.63, 3.8) is 0 Å². The smallest absolute Gasteiger partial charge is 0.272 e. The van der Waals surface area contributed by atoms with Crippen molar-refractivity contribution in [1.82, 2.24) is 15.1 Å². The molecule has 0 bridgehead atoms. The fourth-order valence-electron chi connectivity index (χ4n) is 2.87. The minimum Gasteiger partial charge on any atom is -0.493 e. The summed E-state index contributed by atoms with van der Waals surface area (Å²) < 4.78 is 12.8. The lowest BCUT2D eigenvalue weighted by molar-refractivity contribution is 0.0934. The van der Waals surface area contributed by atoms with Crippen molar-refractivity contribution in [3.05, 3.63) is 71.0 Å². The Morgan fingerprint density at radius 3 is 2.59 bits per heavy atom. The van der Waals surface area contributed by atoms with Gasteiger partial charge in [0.05, 0.1) is 24.9 Å². The molecule has 1 unspecified atom stereocenters. The van der Waals surface area contributed by atoms with Crippen molar-refractivity contribution in [2.24, 2.45) is 0 Å². The van der Waals surface area contributed by atoms with Crippen LogP contribution in [-0.2, 0) is 0 Å². The maximum absolute atomic E-state index is 12.6. The van der Waals surface area contributed by atoms with Crippen molar-refractivity contribution in [1.29, 1.82) is 0 Å². The van der Waals surface area contributed by atoms with Gasteiger partial charge in [0, 0.05) is 11.2 Å². The van der Waals surface area contributed by atoms with Gasteiger partial charge in [-0.3, -0.25) is 4.79 Å². The molecule has 152 valence electrons. The summed E-state index contributed by atoms with van der Waals surface area (Å²) in [6.45, 7) is 5.82. The van der Waals surface area contributed by atoms with E-state index in [9.17, 15) is 4.79 Å². The minimum atomic E-state index is -0.264. The number of benzene rings is 2. The fraction of sp³-hybridized carbons (Fsp3) is 0.273. The van der Waals surface area contributed by atoms with E-state index in [1.165, 1.54) is 0 Å². The van der Waals surface area contributed by atoms with E-state index in [-0.39, 0.29) is 18.1 Å². The van der Waals surface area contributed by atoms with E-state index < -0.39 is 0 Å². The molecule has 2 aromatic carbocycles. The Kier molecular flexibility index (Phi) is 6.44. The molecule has 3 aromatic rings. The number of ether oxygens (including phenoxy) is 2. The van der Waals surface area contributed by atoms with Gasteiger partial charge in [-0.2, -0.15) is 5.10 Å². The zero-order chi connectivity index (χ0) is 21.0. The lowest BCUT2D eigenvalue weighted by atomic mass is 10.1. The number of carbonyl (C=O) groups is 1. The summed E-state index contributed by atoms with van der Waals surface area (Å²) in [6, 6.07) is 14.3. The van der Waals surface area contributed by atoms with Crippen molar-refractivity contribution in [2.75, 3.05) is 7.11 Å². The predicted molar refractivity (Wildman–Crippen MR) is 113 cm³/mol. The molecule has 1 amide bonds. The first-order chi connectivity index (χ1) is 13.9. The average Bonchev–Trinajstić information content (AvgIpc) is 3.18. The third-order valence-corrected chi connectivity index (χ3v) is 4.53. The van der Waals surface area contributed by atoms with Crippen LogP contribution in [-0.4, -0.2) is 28.9 Å². The first-order valence-electron chi connectivity index (χ1n) is 9.34. The molecule has 3 rings (SSSR count). The summed E-state index contributed by atoms with van der Waals surface area (Å²) in [6.07, 6.45) is 1.77. The Morgan fingerprint density at radius 1 is 1.10 bits per heavy atom. The van der Waals surface area contributed by atoms with Crippen molar-refractivity contribution >= 4 is 17.5 Å². The molecule has 0 saturated carbocycles. The Labute approximate surface area is 175 Å². The average molecular weight is 414 g/mol. The van der Waals surface area contributed by atoms with Crippen molar-refractivity contribution in [3.8, 4) is 17.2 Å². The second-order valence-electron chi connectivity index (χ2n) is 6.90. The summed E-state index contributed by atoms with van der Waals surface area (Å²) in [5.41, 5.74) is 2.01. The Balaban J connectivity index is 1.72. The summed E-state index contributed by atoms with van der Waals surface area (Å²) >= 11 is 6.02. The van der Waals surface area contributed by atoms with E-state index in [2.05, 4.69) is 10.4 Å². The molecule has 0 aliphatic rings. The highest BCUT2D eigenvalue weighted by atomic mass is 35.5. The standard InChI is InChI=1S/C22H24ClN3O3/c1-14(2)29-20-9-8-16(12-21(20)28-4)15(3)24-22(27)19-10-11-26(25-19)18-7-5-6-17(23)13-18/h5-15H,1-4H3,(H,24,27). The van der Waals surface area contributed by atoms with Gasteiger partial charge in [-0.1, -0.05) is 23.7 Å². The maximum Gasteiger partial charge on any atom is 0.272 e. The highest BCUT2D eigenvalue weighted by Crippen LogP contribution is 2.31. The number of methoxy groups -OCH3 is 1. The number of amides is 1. The quantitative estimate of drug-likeness (QED) is 0.603. The van der Waals surface area contributed by atoms with Crippen LogP contribution in [0.5, 0.6) is 11.5 Å². The van der Waals surface area contributed by atoms with Gasteiger partial charge in [-0.05, 0) is 62.7 Å². The number of halogens is 1. The lowest BCUT2D eigenvalue weighted by Gasteiger charge is -2.18. The van der Waals surface area contributed by atoms with Crippen LogP contribution in [0.2, 0.25) is 5.02 Å². The van der Waals surface area contributed by atoms with Gasteiger partial charge in [0.15, 0.2) is 17.2 Å². The summed E-state index contributed by atoms with van der Waals surface area (Å²) in [7, 11) is 1.60. The molecular weight excluding hydrogens is 390 g/mol. The van der Waals surface area contributed by atoms with Crippen LogP contribution in [0, 0.1) is 0 Å². The number of carbonyl (C=O) groups excluding carboxylic acids is 1. The predicted octanol–water partition coefficient (Wildman–Crippen LogP) is 4.81. The van der Waals surface area contributed by atoms with E-state index in [1.807, 2.05) is 51.1 Å². The largest absolute Gasteiger partial charge is 0.493 e. The van der Waals surface area contributed by atoms with Gasteiger partial charge in [-0.25, -0.2) is 4.68 Å². The molecule has 29 heavy (non-hydrogen) atoms. The second-order valence-corrected chi connectivity index (χ2v) is 7.33. The summed E-state index contributed by atoms with van der Waals surface area (Å²) in [4.78, 5) is 12.6. The molecule has 0 radical (unpaired) electrons. The fourth-order valence-corrected chi connectivity index (χ4v) is 3.05. The number of hydrogen-bond donors (Lipinski definition) is 1. The van der Waals surface area contributed by atoms with E-state index in [0.29, 0.717) is 22.2 Å². The molecule has 0 aliphatic carbocycles. The number of nitrogens with zero attached hydrogens (tertiary/aromatic N) is 2. The van der Waals surface area contributed by atoms with Crippen LogP contribution in [0.1, 0.15) is 42.9 Å². The Bertz CT molecular complexity index is 1000. The third-order valence-electron chi connectivity index (χ3n) is 4.29. The molecule has 1 aromatic heterocycles. The van der Waals surface area contributed by atoms with Crippen LogP contribution >= 0.6 is 11.6 Å². The van der Waals surface area contributed by atoms with Gasteiger partial charge >= 0.3 is 0 Å². The first-order valence-corrected chi connectivity index (χ1v) is 9.72. The van der Waals surface area contributed by atoms with Crippen molar-refractivity contribution in [2.45, 2.75) is 32.9 Å². The molecule has 0 saturated heterocycles. The lowest BCUT2D eigenvalue weighted by Crippen LogP contribution is -2.27. The van der Waals surface area contributed by atoms with Crippen molar-refractivity contribution < 1.29 is 14.3 Å². The molecule has 6 nitrogen and oxygen atoms in total. The van der Waals surface area contributed by atoms with E-state index in [1.54, 1.807) is 36.2 Å². The van der Waals surface area contributed by atoms with Gasteiger partial charge in [0.2, 0.25) is 0 Å². The molecule has 1 heterocycles. The van der Waals surface area contributed by atoms with E-state index >= 15 is 0 Å². The number of aromatic nitrogens is 2. The highest BCUT2D eigenvalue weighted by molar-refractivity contribution is 6.30. The second kappa shape index (κ2) is 9.01. The van der Waals surface area contributed by atoms with Crippen LogP contribution < -0.4 is 14.8 Å². The topological polar surface area (TPSA) is 65.4 Å². The highest BCUT2D eigenvalue weighted by Gasteiger charge is 2.16. The number of rotatable bonds is 7. The molecule has 7 heteroatoms. The molecule has 0 aliphatic heterocycles. The van der Waals surface area contributed by atoms with E-state index in [4.69, 9.17) is 21.1 Å². The zero-order valence-electron chi connectivity index (χ0n) is 16.8. The maximum atomic E-state index is 12.6. The summed E-state index contributed by atoms with van der Waals surface area (Å²) in [5, 5.41) is 7.92. The van der Waals surface area contributed by atoms with Gasteiger partial charge in [0.25, 0.3) is 5.91 Å². The minimum absolute atomic E-state index is 0.0430. The first kappa shape index (κ1) is 20.7. The van der Waals surface area contributed by atoms with E-state index in [0.717, 1.165) is 11.3 Å². The molecule has 1 N–H and O–H groups in total. The van der Waals surface area contributed by atoms with Crippen LogP contribution in [0.4, 0.5) is 0 Å². The van der Waals surface area contributed by atoms with Gasteiger partial charge < -0.3 is 14.8 Å². The Morgan fingerprint density at radius 2 is 1.90 bits per heavy atom. The SMILES string of the molecule is COc1cc(C(C)NC(=O)c2ccn(-c3cccc(Cl)c3)n2)ccc1OC(C)C. The van der Waals surface area contributed by atoms with Gasteiger partial charge in [-0.15, -0.1) is 0 Å².